The molecule has 3 aromatic rings. The minimum atomic E-state index is -0.153. The normalized spacial score (nSPS) is 16.9. The Balaban J connectivity index is 1.56. The Kier molecular flexibility index (Phi) is 3.65. The third-order valence-corrected chi connectivity index (χ3v) is 5.20. The number of nitrogens with zero attached hydrogens (tertiary/aromatic N) is 4. The van der Waals surface area contributed by atoms with Gasteiger partial charge in [0.2, 0.25) is 11.7 Å². The van der Waals surface area contributed by atoms with Crippen LogP contribution in [0.25, 0.3) is 10.7 Å². The molecule has 4 heterocycles. The third kappa shape index (κ3) is 2.50. The van der Waals surface area contributed by atoms with Crippen LogP contribution in [0.4, 0.5) is 0 Å². The fourth-order valence-corrected chi connectivity index (χ4v) is 3.57. The van der Waals surface area contributed by atoms with Crippen LogP contribution in [-0.2, 0) is 0 Å². The Labute approximate surface area is 143 Å². The molecule has 4 rings (SSSR count). The van der Waals surface area contributed by atoms with E-state index in [0.717, 1.165) is 17.0 Å². The van der Waals surface area contributed by atoms with E-state index < -0.39 is 0 Å². The van der Waals surface area contributed by atoms with Gasteiger partial charge in [-0.1, -0.05) is 5.16 Å². The zero-order valence-corrected chi connectivity index (χ0v) is 14.2. The van der Waals surface area contributed by atoms with Gasteiger partial charge in [0.05, 0.1) is 10.4 Å². The minimum absolute atomic E-state index is 0.0384. The Morgan fingerprint density at radius 3 is 2.88 bits per heavy atom. The molecule has 0 radical (unpaired) electrons. The number of hydrogen-bond acceptors (Lipinski definition) is 6. The number of rotatable bonds is 3. The predicted molar refractivity (Wildman–Crippen MR) is 89.7 cm³/mol. The van der Waals surface area contributed by atoms with Crippen LogP contribution in [-0.4, -0.2) is 32.5 Å². The molecule has 0 bridgehead atoms. The number of hydrogen-bond donors (Lipinski definition) is 0. The number of thiophene rings is 1. The topological polar surface area (TPSA) is 72.1 Å². The number of likely N-dealkylation sites (tertiary alicyclic amines) is 1. The molecule has 0 N–H and O–H groups in total. The molecule has 0 unspecified atom stereocenters. The molecule has 1 fully saturated rings. The van der Waals surface area contributed by atoms with Gasteiger partial charge in [-0.2, -0.15) is 4.98 Å². The summed E-state index contributed by atoms with van der Waals surface area (Å²) in [4.78, 5) is 25.3. The van der Waals surface area contributed by atoms with Crippen molar-refractivity contribution in [3.63, 3.8) is 0 Å². The summed E-state index contributed by atoms with van der Waals surface area (Å²) >= 11 is 1.62. The molecule has 1 amide bonds. The van der Waals surface area contributed by atoms with Crippen molar-refractivity contribution in [2.75, 3.05) is 6.54 Å². The largest absolute Gasteiger partial charge is 0.337 e. The lowest BCUT2D eigenvalue weighted by molar-refractivity contribution is 0.0377. The van der Waals surface area contributed by atoms with E-state index in [1.165, 1.54) is 4.88 Å². The summed E-state index contributed by atoms with van der Waals surface area (Å²) in [5.41, 5.74) is 1.35. The molecule has 24 heavy (non-hydrogen) atoms. The number of aryl methyl sites for hydroxylation is 2. The Bertz CT molecular complexity index is 901. The third-order valence-electron chi connectivity index (χ3n) is 4.21. The number of carbonyl (C=O) groups is 1. The van der Waals surface area contributed by atoms with Crippen molar-refractivity contribution in [2.45, 2.75) is 26.3 Å². The van der Waals surface area contributed by atoms with Crippen LogP contribution in [0.2, 0.25) is 0 Å². The van der Waals surface area contributed by atoms with Gasteiger partial charge in [-0.3, -0.25) is 9.78 Å². The van der Waals surface area contributed by atoms with Crippen LogP contribution >= 0.6 is 11.3 Å². The van der Waals surface area contributed by atoms with E-state index in [4.69, 9.17) is 4.52 Å². The molecule has 122 valence electrons. The molecular weight excluding hydrogens is 324 g/mol. The van der Waals surface area contributed by atoms with Crippen LogP contribution in [0.1, 0.15) is 39.3 Å². The van der Waals surface area contributed by atoms with Crippen molar-refractivity contribution in [1.82, 2.24) is 20.0 Å². The maximum Gasteiger partial charge on any atom is 0.256 e. The lowest BCUT2D eigenvalue weighted by Crippen LogP contribution is -2.45. The first-order valence-electron chi connectivity index (χ1n) is 7.76. The van der Waals surface area contributed by atoms with Gasteiger partial charge in [0, 0.05) is 23.3 Å². The fraction of sp³-hybridized carbons (Fsp3) is 0.294. The van der Waals surface area contributed by atoms with Gasteiger partial charge in [-0.15, -0.1) is 11.3 Å². The molecule has 3 aromatic heterocycles. The summed E-state index contributed by atoms with van der Waals surface area (Å²) in [6.45, 7) is 4.57. The second-order valence-electron chi connectivity index (χ2n) is 5.81. The molecule has 0 aromatic carbocycles. The number of carbonyl (C=O) groups excluding carboxylic acids is 1. The summed E-state index contributed by atoms with van der Waals surface area (Å²) in [5.74, 6) is 1.04. The molecule has 1 atom stereocenters. The molecular formula is C17H16N4O2S. The Morgan fingerprint density at radius 1 is 1.33 bits per heavy atom. The van der Waals surface area contributed by atoms with Crippen LogP contribution < -0.4 is 0 Å². The summed E-state index contributed by atoms with van der Waals surface area (Å²) < 4.78 is 5.41. The maximum atomic E-state index is 12.7. The fourth-order valence-electron chi connectivity index (χ4n) is 2.78. The van der Waals surface area contributed by atoms with Crippen molar-refractivity contribution in [3.8, 4) is 10.7 Å². The second-order valence-corrected chi connectivity index (χ2v) is 7.09. The smallest absolute Gasteiger partial charge is 0.256 e. The highest BCUT2D eigenvalue weighted by molar-refractivity contribution is 7.15. The number of aromatic nitrogens is 3. The molecule has 0 spiro atoms. The van der Waals surface area contributed by atoms with Crippen molar-refractivity contribution in [2.24, 2.45) is 0 Å². The summed E-state index contributed by atoms with van der Waals surface area (Å²) in [6.07, 6.45) is 2.52. The SMILES string of the molecule is Cc1ccc(-c2noc([C@H]3CCN3C(=O)c3cccnc3C)n2)s1. The average molecular weight is 340 g/mol. The first-order valence-corrected chi connectivity index (χ1v) is 8.58. The van der Waals surface area contributed by atoms with E-state index in [-0.39, 0.29) is 11.9 Å². The van der Waals surface area contributed by atoms with Gasteiger partial charge in [0.25, 0.3) is 5.91 Å². The van der Waals surface area contributed by atoms with E-state index in [1.807, 2.05) is 26.0 Å². The number of pyridine rings is 1. The molecule has 1 aliphatic rings. The van der Waals surface area contributed by atoms with Gasteiger partial charge in [-0.05, 0) is 44.5 Å². The van der Waals surface area contributed by atoms with E-state index >= 15 is 0 Å². The van der Waals surface area contributed by atoms with Gasteiger partial charge < -0.3 is 9.42 Å². The van der Waals surface area contributed by atoms with Crippen molar-refractivity contribution in [1.29, 1.82) is 0 Å². The van der Waals surface area contributed by atoms with Crippen LogP contribution in [0.5, 0.6) is 0 Å². The zero-order chi connectivity index (χ0) is 16.7. The summed E-state index contributed by atoms with van der Waals surface area (Å²) in [6, 6.07) is 7.43. The summed E-state index contributed by atoms with van der Waals surface area (Å²) in [7, 11) is 0. The molecule has 6 nitrogen and oxygen atoms in total. The monoisotopic (exact) mass is 340 g/mol. The van der Waals surface area contributed by atoms with Crippen molar-refractivity contribution in [3.05, 3.63) is 52.5 Å². The lowest BCUT2D eigenvalue weighted by atomic mass is 10.0. The van der Waals surface area contributed by atoms with Gasteiger partial charge in [0.1, 0.15) is 6.04 Å². The first kappa shape index (κ1) is 15.0. The van der Waals surface area contributed by atoms with Crippen LogP contribution in [0.15, 0.2) is 35.0 Å². The molecule has 0 aliphatic carbocycles. The Morgan fingerprint density at radius 2 is 2.21 bits per heavy atom. The van der Waals surface area contributed by atoms with E-state index in [0.29, 0.717) is 23.8 Å². The highest BCUT2D eigenvalue weighted by atomic mass is 32.1. The zero-order valence-electron chi connectivity index (χ0n) is 13.4. The Hall–Kier alpha value is -2.54. The van der Waals surface area contributed by atoms with Gasteiger partial charge >= 0.3 is 0 Å². The summed E-state index contributed by atoms with van der Waals surface area (Å²) in [5, 5.41) is 4.06. The molecule has 0 saturated carbocycles. The number of amides is 1. The van der Waals surface area contributed by atoms with E-state index in [1.54, 1.807) is 34.6 Å². The molecule has 1 aliphatic heterocycles. The van der Waals surface area contributed by atoms with Gasteiger partial charge in [-0.25, -0.2) is 0 Å². The van der Waals surface area contributed by atoms with Crippen molar-refractivity contribution >= 4 is 17.2 Å². The van der Waals surface area contributed by atoms with E-state index in [2.05, 4.69) is 15.1 Å². The van der Waals surface area contributed by atoms with Crippen LogP contribution in [0.3, 0.4) is 0 Å². The minimum Gasteiger partial charge on any atom is -0.337 e. The highest BCUT2D eigenvalue weighted by Gasteiger charge is 2.38. The average Bonchev–Trinajstić information content (AvgIpc) is 3.15. The first-order chi connectivity index (χ1) is 11.6. The maximum absolute atomic E-state index is 12.7. The quantitative estimate of drug-likeness (QED) is 0.731. The lowest BCUT2D eigenvalue weighted by Gasteiger charge is -2.38. The molecule has 1 saturated heterocycles. The highest BCUT2D eigenvalue weighted by Crippen LogP contribution is 2.35. The standard InChI is InChI=1S/C17H16N4O2S/c1-10-5-6-14(24-10)15-19-16(23-20-15)13-7-9-21(13)17(22)12-4-3-8-18-11(12)2/h3-6,8,13H,7,9H2,1-2H3/t13-/m1/s1. The van der Waals surface area contributed by atoms with E-state index in [9.17, 15) is 4.79 Å². The molecule has 7 heteroatoms. The van der Waals surface area contributed by atoms with Crippen molar-refractivity contribution < 1.29 is 9.32 Å². The second kappa shape index (κ2) is 5.83. The van der Waals surface area contributed by atoms with Gasteiger partial charge in [0.15, 0.2) is 0 Å². The van der Waals surface area contributed by atoms with Crippen LogP contribution in [0, 0.1) is 13.8 Å². The predicted octanol–water partition coefficient (Wildman–Crippen LogP) is 3.40.